The number of carboxylic acids is 1. The molecule has 0 unspecified atom stereocenters. The Balaban J connectivity index is 2.23. The predicted molar refractivity (Wildman–Crippen MR) is 72.3 cm³/mol. The molecule has 2 rings (SSSR count). The van der Waals surface area contributed by atoms with Crippen molar-refractivity contribution in [2.45, 2.75) is 13.3 Å². The maximum absolute atomic E-state index is 11.5. The Labute approximate surface area is 115 Å². The van der Waals surface area contributed by atoms with E-state index in [9.17, 15) is 9.59 Å². The molecule has 1 heterocycles. The third-order valence-corrected chi connectivity index (χ3v) is 2.74. The van der Waals surface area contributed by atoms with Crippen LogP contribution in [0.4, 0.5) is 0 Å². The fraction of sp³-hybridized carbons (Fsp3) is 0.133. The number of pyridine rings is 1. The van der Waals surface area contributed by atoms with Gasteiger partial charge < -0.3 is 9.84 Å². The molecule has 0 bridgehead atoms. The van der Waals surface area contributed by atoms with Crippen molar-refractivity contribution in [2.75, 3.05) is 0 Å². The molecule has 0 aliphatic carbocycles. The predicted octanol–water partition coefficient (Wildman–Crippen LogP) is 3.16. The number of benzene rings is 1. The van der Waals surface area contributed by atoms with E-state index in [4.69, 9.17) is 9.84 Å². The maximum atomic E-state index is 11.5. The molecule has 5 heteroatoms. The van der Waals surface area contributed by atoms with E-state index in [1.54, 1.807) is 31.2 Å². The van der Waals surface area contributed by atoms with Crippen molar-refractivity contribution >= 4 is 11.8 Å². The second kappa shape index (κ2) is 5.97. The number of aromatic carboxylic acids is 1. The number of carboxylic acid groups (broad SMARTS) is 1. The van der Waals surface area contributed by atoms with Crippen molar-refractivity contribution in [3.05, 3.63) is 53.9 Å². The lowest BCUT2D eigenvalue weighted by Gasteiger charge is -2.08. The average Bonchev–Trinajstić information content (AvgIpc) is 2.47. The van der Waals surface area contributed by atoms with Gasteiger partial charge in [-0.1, -0.05) is 6.92 Å². The Morgan fingerprint density at radius 2 is 1.90 bits per heavy atom. The van der Waals surface area contributed by atoms with Gasteiger partial charge in [-0.15, -0.1) is 0 Å². The third-order valence-electron chi connectivity index (χ3n) is 2.74. The van der Waals surface area contributed by atoms with Gasteiger partial charge >= 0.3 is 5.97 Å². The van der Waals surface area contributed by atoms with Crippen LogP contribution in [0.5, 0.6) is 11.5 Å². The number of ether oxygens (including phenoxy) is 1. The molecule has 0 saturated heterocycles. The first kappa shape index (κ1) is 13.7. The summed E-state index contributed by atoms with van der Waals surface area (Å²) >= 11 is 0. The lowest BCUT2D eigenvalue weighted by atomic mass is 10.1. The van der Waals surface area contributed by atoms with Gasteiger partial charge in [-0.25, -0.2) is 4.79 Å². The number of nitrogens with zero attached hydrogens (tertiary/aromatic N) is 1. The van der Waals surface area contributed by atoms with Gasteiger partial charge in [0, 0.05) is 18.2 Å². The molecule has 102 valence electrons. The van der Waals surface area contributed by atoms with Crippen LogP contribution < -0.4 is 4.74 Å². The number of hydrogen-bond donors (Lipinski definition) is 1. The summed E-state index contributed by atoms with van der Waals surface area (Å²) in [5.74, 6) is -0.424. The molecule has 0 radical (unpaired) electrons. The Hall–Kier alpha value is -2.69. The van der Waals surface area contributed by atoms with Gasteiger partial charge in [0.15, 0.2) is 11.5 Å². The first-order valence-corrected chi connectivity index (χ1v) is 6.10. The standard InChI is InChI=1S/C15H13NO4/c1-2-13(17)10-3-5-11(6-4-10)20-14-9-16-8-7-12(14)15(18)19/h3-9H,2H2,1H3,(H,18,19). The van der Waals surface area contributed by atoms with Gasteiger partial charge in [-0.3, -0.25) is 9.78 Å². The Kier molecular flexibility index (Phi) is 4.10. The van der Waals surface area contributed by atoms with Crippen LogP contribution in [0.2, 0.25) is 0 Å². The fourth-order valence-corrected chi connectivity index (χ4v) is 1.68. The molecule has 0 aliphatic rings. The lowest BCUT2D eigenvalue weighted by molar-refractivity contribution is 0.0693. The van der Waals surface area contributed by atoms with E-state index in [1.807, 2.05) is 0 Å². The van der Waals surface area contributed by atoms with Gasteiger partial charge in [0.05, 0.1) is 6.20 Å². The molecule has 0 fully saturated rings. The Morgan fingerprint density at radius 1 is 1.20 bits per heavy atom. The number of ketones is 1. The van der Waals surface area contributed by atoms with E-state index in [2.05, 4.69) is 4.98 Å². The van der Waals surface area contributed by atoms with Crippen LogP contribution in [0, 0.1) is 0 Å². The van der Waals surface area contributed by atoms with Crippen LogP contribution in [0.15, 0.2) is 42.7 Å². The van der Waals surface area contributed by atoms with E-state index in [0.717, 1.165) is 0 Å². The van der Waals surface area contributed by atoms with Crippen molar-refractivity contribution in [1.29, 1.82) is 0 Å². The highest BCUT2D eigenvalue weighted by Crippen LogP contribution is 2.24. The summed E-state index contributed by atoms with van der Waals surface area (Å²) in [6.45, 7) is 1.79. The largest absolute Gasteiger partial charge is 0.478 e. The van der Waals surface area contributed by atoms with Crippen molar-refractivity contribution in [3.63, 3.8) is 0 Å². The first-order valence-electron chi connectivity index (χ1n) is 6.10. The van der Waals surface area contributed by atoms with E-state index < -0.39 is 5.97 Å². The summed E-state index contributed by atoms with van der Waals surface area (Å²) in [7, 11) is 0. The number of carbonyl (C=O) groups excluding carboxylic acids is 1. The van der Waals surface area contributed by atoms with Crippen molar-refractivity contribution < 1.29 is 19.4 Å². The summed E-state index contributed by atoms with van der Waals surface area (Å²) in [4.78, 5) is 26.4. The highest BCUT2D eigenvalue weighted by molar-refractivity contribution is 5.96. The first-order chi connectivity index (χ1) is 9.61. The van der Waals surface area contributed by atoms with Crippen molar-refractivity contribution in [1.82, 2.24) is 4.98 Å². The van der Waals surface area contributed by atoms with Gasteiger partial charge in [0.2, 0.25) is 0 Å². The summed E-state index contributed by atoms with van der Waals surface area (Å²) in [5, 5.41) is 9.04. The van der Waals surface area contributed by atoms with Crippen molar-refractivity contribution in [2.24, 2.45) is 0 Å². The zero-order valence-electron chi connectivity index (χ0n) is 10.9. The van der Waals surface area contributed by atoms with Gasteiger partial charge in [0.1, 0.15) is 11.3 Å². The third kappa shape index (κ3) is 3.00. The molecule has 0 saturated carbocycles. The molecule has 0 aliphatic heterocycles. The SMILES string of the molecule is CCC(=O)c1ccc(Oc2cnccc2C(=O)O)cc1. The molecular weight excluding hydrogens is 258 g/mol. The maximum Gasteiger partial charge on any atom is 0.339 e. The molecule has 0 amide bonds. The van der Waals surface area contributed by atoms with E-state index in [0.29, 0.717) is 17.7 Å². The average molecular weight is 271 g/mol. The van der Waals surface area contributed by atoms with Gasteiger partial charge in [-0.2, -0.15) is 0 Å². The molecule has 1 N–H and O–H groups in total. The quantitative estimate of drug-likeness (QED) is 0.845. The lowest BCUT2D eigenvalue weighted by Crippen LogP contribution is -2.00. The molecule has 20 heavy (non-hydrogen) atoms. The van der Waals surface area contributed by atoms with Crippen LogP contribution in [0.3, 0.4) is 0 Å². The van der Waals surface area contributed by atoms with Crippen LogP contribution in [0.25, 0.3) is 0 Å². The highest BCUT2D eigenvalue weighted by Gasteiger charge is 2.12. The smallest absolute Gasteiger partial charge is 0.339 e. The second-order valence-corrected chi connectivity index (χ2v) is 4.08. The second-order valence-electron chi connectivity index (χ2n) is 4.08. The summed E-state index contributed by atoms with van der Waals surface area (Å²) in [6, 6.07) is 7.92. The normalized spacial score (nSPS) is 10.1. The molecule has 2 aromatic rings. The number of rotatable bonds is 5. The monoisotopic (exact) mass is 271 g/mol. The number of carbonyl (C=O) groups is 2. The molecular formula is C15H13NO4. The van der Waals surface area contributed by atoms with E-state index in [-0.39, 0.29) is 17.1 Å². The van der Waals surface area contributed by atoms with Gasteiger partial charge in [0.25, 0.3) is 0 Å². The minimum Gasteiger partial charge on any atom is -0.478 e. The fourth-order valence-electron chi connectivity index (χ4n) is 1.68. The van der Waals surface area contributed by atoms with Crippen molar-refractivity contribution in [3.8, 4) is 11.5 Å². The van der Waals surface area contributed by atoms with Crippen LogP contribution in [-0.2, 0) is 0 Å². The molecule has 0 spiro atoms. The van der Waals surface area contributed by atoms with Crippen LogP contribution in [-0.4, -0.2) is 21.8 Å². The Morgan fingerprint density at radius 3 is 2.50 bits per heavy atom. The zero-order chi connectivity index (χ0) is 14.5. The van der Waals surface area contributed by atoms with E-state index >= 15 is 0 Å². The number of Topliss-reactive ketones (excluding diaryl/α,β-unsaturated/α-hetero) is 1. The minimum atomic E-state index is -1.08. The molecule has 1 aromatic carbocycles. The molecule has 1 aromatic heterocycles. The minimum absolute atomic E-state index is 0.0358. The molecule has 0 atom stereocenters. The topological polar surface area (TPSA) is 76.5 Å². The number of hydrogen-bond acceptors (Lipinski definition) is 4. The summed E-state index contributed by atoms with van der Waals surface area (Å²) in [6.07, 6.45) is 3.17. The zero-order valence-corrected chi connectivity index (χ0v) is 10.9. The summed E-state index contributed by atoms with van der Waals surface area (Å²) < 4.78 is 5.48. The summed E-state index contributed by atoms with van der Waals surface area (Å²) in [5.41, 5.74) is 0.637. The number of aromatic nitrogens is 1. The highest BCUT2D eigenvalue weighted by atomic mass is 16.5. The Bertz CT molecular complexity index is 635. The van der Waals surface area contributed by atoms with Crippen LogP contribution in [0.1, 0.15) is 34.1 Å². The van der Waals surface area contributed by atoms with Gasteiger partial charge in [-0.05, 0) is 30.3 Å². The van der Waals surface area contributed by atoms with Crippen LogP contribution >= 0.6 is 0 Å². The molecule has 5 nitrogen and oxygen atoms in total. The van der Waals surface area contributed by atoms with E-state index in [1.165, 1.54) is 18.5 Å².